The number of hydrogen-bond acceptors (Lipinski definition) is 3. The Balaban J connectivity index is 2.73. The zero-order chi connectivity index (χ0) is 11.3. The molecule has 0 bridgehead atoms. The predicted octanol–water partition coefficient (Wildman–Crippen LogP) is 2.82. The van der Waals surface area contributed by atoms with Crippen molar-refractivity contribution in [3.8, 4) is 0 Å². The van der Waals surface area contributed by atoms with E-state index in [1.807, 2.05) is 5.38 Å². The van der Waals surface area contributed by atoms with Gasteiger partial charge < -0.3 is 10.2 Å². The van der Waals surface area contributed by atoms with E-state index in [4.69, 9.17) is 0 Å². The Morgan fingerprint density at radius 1 is 1.40 bits per heavy atom. The SMILES string of the molecule is CCCC(CO)(CO)Cc1cc(Br)cs1. The highest BCUT2D eigenvalue weighted by Gasteiger charge is 2.28. The Morgan fingerprint density at radius 2 is 2.07 bits per heavy atom. The van der Waals surface area contributed by atoms with Gasteiger partial charge in [0.25, 0.3) is 0 Å². The lowest BCUT2D eigenvalue weighted by Crippen LogP contribution is -2.31. The molecule has 2 nitrogen and oxygen atoms in total. The van der Waals surface area contributed by atoms with Crippen molar-refractivity contribution in [2.24, 2.45) is 5.41 Å². The van der Waals surface area contributed by atoms with Crippen LogP contribution < -0.4 is 0 Å². The maximum Gasteiger partial charge on any atom is 0.0512 e. The predicted molar refractivity (Wildman–Crippen MR) is 67.2 cm³/mol. The smallest absolute Gasteiger partial charge is 0.0512 e. The molecular weight excluding hydrogens is 276 g/mol. The standard InChI is InChI=1S/C11H17BrO2S/c1-2-3-11(7-13,8-14)5-10-4-9(12)6-15-10/h4,6,13-14H,2-3,5,7-8H2,1H3. The van der Waals surface area contributed by atoms with Crippen LogP contribution in [0.25, 0.3) is 0 Å². The van der Waals surface area contributed by atoms with Crippen molar-refractivity contribution in [3.63, 3.8) is 0 Å². The largest absolute Gasteiger partial charge is 0.396 e. The molecule has 0 aromatic carbocycles. The average molecular weight is 293 g/mol. The molecule has 0 atom stereocenters. The molecule has 1 aromatic rings. The fourth-order valence-electron chi connectivity index (χ4n) is 1.75. The van der Waals surface area contributed by atoms with Gasteiger partial charge in [-0.25, -0.2) is 0 Å². The van der Waals surface area contributed by atoms with Gasteiger partial charge in [0, 0.05) is 20.1 Å². The Hall–Kier alpha value is 0.1000. The summed E-state index contributed by atoms with van der Waals surface area (Å²) in [5.74, 6) is 0. The van der Waals surface area contributed by atoms with Gasteiger partial charge in [-0.2, -0.15) is 0 Å². The van der Waals surface area contributed by atoms with Crippen LogP contribution >= 0.6 is 27.3 Å². The topological polar surface area (TPSA) is 40.5 Å². The van der Waals surface area contributed by atoms with Crippen LogP contribution in [0.2, 0.25) is 0 Å². The number of rotatable bonds is 6. The minimum absolute atomic E-state index is 0.0485. The summed E-state index contributed by atoms with van der Waals surface area (Å²) in [6, 6.07) is 2.06. The zero-order valence-corrected chi connectivity index (χ0v) is 11.3. The summed E-state index contributed by atoms with van der Waals surface area (Å²) in [6.07, 6.45) is 2.59. The Kier molecular flexibility index (Phi) is 5.26. The fourth-order valence-corrected chi connectivity index (χ4v) is 3.38. The highest BCUT2D eigenvalue weighted by molar-refractivity contribution is 9.10. The van der Waals surface area contributed by atoms with Crippen LogP contribution in [0.3, 0.4) is 0 Å². The fraction of sp³-hybridized carbons (Fsp3) is 0.636. The van der Waals surface area contributed by atoms with E-state index in [9.17, 15) is 10.2 Å². The molecule has 0 fully saturated rings. The number of aliphatic hydroxyl groups excluding tert-OH is 2. The monoisotopic (exact) mass is 292 g/mol. The first-order valence-corrected chi connectivity index (χ1v) is 6.77. The molecule has 0 spiro atoms. The van der Waals surface area contributed by atoms with Crippen LogP contribution in [-0.2, 0) is 6.42 Å². The third-order valence-corrected chi connectivity index (χ3v) is 4.32. The van der Waals surface area contributed by atoms with Crippen LogP contribution in [0.1, 0.15) is 24.6 Å². The maximum absolute atomic E-state index is 9.41. The van der Waals surface area contributed by atoms with E-state index in [1.54, 1.807) is 11.3 Å². The molecule has 2 N–H and O–H groups in total. The van der Waals surface area contributed by atoms with E-state index >= 15 is 0 Å². The third-order valence-electron chi connectivity index (χ3n) is 2.62. The quantitative estimate of drug-likeness (QED) is 0.846. The van der Waals surface area contributed by atoms with Crippen molar-refractivity contribution in [1.29, 1.82) is 0 Å². The summed E-state index contributed by atoms with van der Waals surface area (Å²) in [6.45, 7) is 2.17. The van der Waals surface area contributed by atoms with Crippen LogP contribution in [0, 0.1) is 5.41 Å². The van der Waals surface area contributed by atoms with Crippen LogP contribution in [-0.4, -0.2) is 23.4 Å². The molecule has 0 aliphatic carbocycles. The Morgan fingerprint density at radius 3 is 2.47 bits per heavy atom. The summed E-state index contributed by atoms with van der Waals surface area (Å²) in [7, 11) is 0. The molecule has 0 aliphatic heterocycles. The molecule has 0 radical (unpaired) electrons. The molecular formula is C11H17BrO2S. The first-order valence-electron chi connectivity index (χ1n) is 5.10. The van der Waals surface area contributed by atoms with Crippen molar-refractivity contribution >= 4 is 27.3 Å². The summed E-state index contributed by atoms with van der Waals surface area (Å²) < 4.78 is 1.07. The molecule has 1 rings (SSSR count). The number of halogens is 1. The van der Waals surface area contributed by atoms with Crippen molar-refractivity contribution in [3.05, 3.63) is 20.8 Å². The number of aliphatic hydroxyl groups is 2. The minimum atomic E-state index is -0.348. The molecule has 86 valence electrons. The molecule has 0 amide bonds. The third kappa shape index (κ3) is 3.55. The molecule has 0 saturated heterocycles. The van der Waals surface area contributed by atoms with Gasteiger partial charge in [0.05, 0.1) is 13.2 Å². The van der Waals surface area contributed by atoms with E-state index in [2.05, 4.69) is 28.9 Å². The summed E-state index contributed by atoms with van der Waals surface area (Å²) in [5.41, 5.74) is -0.348. The van der Waals surface area contributed by atoms with Crippen molar-refractivity contribution in [2.75, 3.05) is 13.2 Å². The Bertz CT molecular complexity index is 295. The van der Waals surface area contributed by atoms with Crippen molar-refractivity contribution in [2.45, 2.75) is 26.2 Å². The molecule has 1 aromatic heterocycles. The summed E-state index contributed by atoms with van der Waals surface area (Å²) in [5, 5.41) is 20.8. The lowest BCUT2D eigenvalue weighted by atomic mass is 9.81. The van der Waals surface area contributed by atoms with Gasteiger partial charge in [-0.1, -0.05) is 13.3 Å². The highest BCUT2D eigenvalue weighted by Crippen LogP contribution is 2.31. The van der Waals surface area contributed by atoms with Gasteiger partial charge in [0.2, 0.25) is 0 Å². The van der Waals surface area contributed by atoms with Gasteiger partial charge in [0.1, 0.15) is 0 Å². The lowest BCUT2D eigenvalue weighted by molar-refractivity contribution is 0.0473. The highest BCUT2D eigenvalue weighted by atomic mass is 79.9. The first kappa shape index (κ1) is 13.2. The van der Waals surface area contributed by atoms with Crippen LogP contribution in [0.15, 0.2) is 15.9 Å². The van der Waals surface area contributed by atoms with Crippen LogP contribution in [0.4, 0.5) is 0 Å². The van der Waals surface area contributed by atoms with Crippen molar-refractivity contribution in [1.82, 2.24) is 0 Å². The van der Waals surface area contributed by atoms with E-state index in [0.29, 0.717) is 0 Å². The van der Waals surface area contributed by atoms with Gasteiger partial charge in [-0.3, -0.25) is 0 Å². The zero-order valence-electron chi connectivity index (χ0n) is 8.87. The van der Waals surface area contributed by atoms with Gasteiger partial charge in [-0.05, 0) is 34.8 Å². The number of hydrogen-bond donors (Lipinski definition) is 2. The normalized spacial score (nSPS) is 12.0. The minimum Gasteiger partial charge on any atom is -0.396 e. The van der Waals surface area contributed by atoms with Gasteiger partial charge in [0.15, 0.2) is 0 Å². The van der Waals surface area contributed by atoms with E-state index in [-0.39, 0.29) is 18.6 Å². The maximum atomic E-state index is 9.41. The van der Waals surface area contributed by atoms with E-state index in [1.165, 1.54) is 4.88 Å². The van der Waals surface area contributed by atoms with E-state index < -0.39 is 0 Å². The molecule has 0 unspecified atom stereocenters. The molecule has 0 aliphatic rings. The Labute approximate surface area is 103 Å². The second-order valence-corrected chi connectivity index (χ2v) is 5.89. The first-order chi connectivity index (χ1) is 7.15. The molecule has 0 saturated carbocycles. The molecule has 4 heteroatoms. The second kappa shape index (κ2) is 5.99. The summed E-state index contributed by atoms with van der Waals surface area (Å²) in [4.78, 5) is 1.21. The lowest BCUT2D eigenvalue weighted by Gasteiger charge is -2.28. The molecule has 15 heavy (non-hydrogen) atoms. The average Bonchev–Trinajstić information content (AvgIpc) is 2.63. The second-order valence-electron chi connectivity index (χ2n) is 3.97. The van der Waals surface area contributed by atoms with Crippen LogP contribution in [0.5, 0.6) is 0 Å². The van der Waals surface area contributed by atoms with Gasteiger partial charge >= 0.3 is 0 Å². The molecule has 1 heterocycles. The van der Waals surface area contributed by atoms with E-state index in [0.717, 1.165) is 23.7 Å². The van der Waals surface area contributed by atoms with Crippen molar-refractivity contribution < 1.29 is 10.2 Å². The van der Waals surface area contributed by atoms with Gasteiger partial charge in [-0.15, -0.1) is 11.3 Å². The number of thiophene rings is 1. The summed E-state index contributed by atoms with van der Waals surface area (Å²) >= 11 is 5.07.